The number of nitrogens with zero attached hydrogens (tertiary/aromatic N) is 2. The fraction of sp³-hybridized carbons (Fsp3) is 0.750. The molecule has 0 N–H and O–H groups in total. The first kappa shape index (κ1) is 15.5. The molecule has 1 aromatic heterocycles. The van der Waals surface area contributed by atoms with Crippen molar-refractivity contribution in [1.29, 1.82) is 0 Å². The highest BCUT2D eigenvalue weighted by Crippen LogP contribution is 2.41. The maximum Gasteiger partial charge on any atom is 0.186 e. The quantitative estimate of drug-likeness (QED) is 0.778. The Kier molecular flexibility index (Phi) is 4.24. The molecule has 0 radical (unpaired) electrons. The molecule has 0 atom stereocenters. The number of hydrogen-bond donors (Lipinski definition) is 0. The third kappa shape index (κ3) is 2.76. The molecule has 3 nitrogen and oxygen atoms in total. The van der Waals surface area contributed by atoms with E-state index in [0.717, 1.165) is 35.1 Å². The number of aromatic nitrogens is 1. The predicted molar refractivity (Wildman–Crippen MR) is 86.0 cm³/mol. The Labute approximate surface area is 126 Å². The molecule has 1 aromatic rings. The minimum Gasteiger partial charge on any atom is -0.347 e. The van der Waals surface area contributed by atoms with Gasteiger partial charge in [0.15, 0.2) is 11.4 Å². The van der Waals surface area contributed by atoms with E-state index in [4.69, 9.17) is 4.98 Å². The van der Waals surface area contributed by atoms with Crippen LogP contribution in [0.4, 0.5) is 5.13 Å². The topological polar surface area (TPSA) is 33.2 Å². The average molecular weight is 294 g/mol. The van der Waals surface area contributed by atoms with E-state index >= 15 is 0 Å². The van der Waals surface area contributed by atoms with Gasteiger partial charge in [0.2, 0.25) is 0 Å². The van der Waals surface area contributed by atoms with Gasteiger partial charge in [-0.05, 0) is 24.7 Å². The van der Waals surface area contributed by atoms with E-state index in [1.807, 2.05) is 0 Å². The Balaban J connectivity index is 2.27. The van der Waals surface area contributed by atoms with Crippen molar-refractivity contribution in [2.75, 3.05) is 18.0 Å². The standard InChI is InChI=1S/C16H26N2OS/c1-6-16(7-2)8-9-18(11-16)14-17-13(15(3,4)5)12(10-19)20-14/h10H,6-9,11H2,1-5H3. The number of hydrogen-bond acceptors (Lipinski definition) is 4. The molecule has 1 saturated heterocycles. The molecule has 1 fully saturated rings. The number of rotatable bonds is 4. The summed E-state index contributed by atoms with van der Waals surface area (Å²) in [5.74, 6) is 0. The van der Waals surface area contributed by atoms with Crippen molar-refractivity contribution in [3.8, 4) is 0 Å². The Morgan fingerprint density at radius 1 is 1.35 bits per heavy atom. The fourth-order valence-corrected chi connectivity index (χ4v) is 4.11. The van der Waals surface area contributed by atoms with Gasteiger partial charge in [-0.3, -0.25) is 4.79 Å². The van der Waals surface area contributed by atoms with Crippen LogP contribution < -0.4 is 4.90 Å². The molecule has 0 aromatic carbocycles. The third-order valence-corrected chi connectivity index (χ3v) is 5.71. The summed E-state index contributed by atoms with van der Waals surface area (Å²) < 4.78 is 0. The molecule has 0 aliphatic carbocycles. The van der Waals surface area contributed by atoms with Gasteiger partial charge < -0.3 is 4.90 Å². The average Bonchev–Trinajstić information content (AvgIpc) is 3.02. The highest BCUT2D eigenvalue weighted by molar-refractivity contribution is 7.17. The second-order valence-corrected chi connectivity index (χ2v) is 7.96. The van der Waals surface area contributed by atoms with Gasteiger partial charge in [0, 0.05) is 18.5 Å². The lowest BCUT2D eigenvalue weighted by molar-refractivity contribution is 0.112. The van der Waals surface area contributed by atoms with E-state index in [1.54, 1.807) is 11.3 Å². The van der Waals surface area contributed by atoms with Crippen molar-refractivity contribution in [2.45, 2.75) is 59.3 Å². The summed E-state index contributed by atoms with van der Waals surface area (Å²) in [5, 5.41) is 1.03. The molecule has 4 heteroatoms. The molecule has 20 heavy (non-hydrogen) atoms. The number of carbonyl (C=O) groups is 1. The maximum absolute atomic E-state index is 11.3. The zero-order chi connectivity index (χ0) is 15.0. The largest absolute Gasteiger partial charge is 0.347 e. The summed E-state index contributed by atoms with van der Waals surface area (Å²) in [5.41, 5.74) is 1.31. The monoisotopic (exact) mass is 294 g/mol. The van der Waals surface area contributed by atoms with E-state index in [9.17, 15) is 4.79 Å². The van der Waals surface area contributed by atoms with Crippen LogP contribution >= 0.6 is 11.3 Å². The van der Waals surface area contributed by atoms with Crippen molar-refractivity contribution in [1.82, 2.24) is 4.98 Å². The lowest BCUT2D eigenvalue weighted by Gasteiger charge is -2.26. The minimum atomic E-state index is -0.0721. The summed E-state index contributed by atoms with van der Waals surface area (Å²) in [4.78, 5) is 19.2. The van der Waals surface area contributed by atoms with E-state index in [2.05, 4.69) is 39.5 Å². The number of aldehydes is 1. The molecule has 0 unspecified atom stereocenters. The van der Waals surface area contributed by atoms with Gasteiger partial charge in [-0.2, -0.15) is 0 Å². The summed E-state index contributed by atoms with van der Waals surface area (Å²) >= 11 is 1.55. The summed E-state index contributed by atoms with van der Waals surface area (Å²) in [7, 11) is 0. The lowest BCUT2D eigenvalue weighted by atomic mass is 9.82. The van der Waals surface area contributed by atoms with Gasteiger partial charge in [0.25, 0.3) is 0 Å². The predicted octanol–water partition coefficient (Wildman–Crippen LogP) is 4.27. The Bertz CT molecular complexity index is 483. The second kappa shape index (κ2) is 5.47. The SMILES string of the molecule is CCC1(CC)CCN(c2nc(C(C)(C)C)c(C=O)s2)C1. The van der Waals surface area contributed by atoms with E-state index < -0.39 is 0 Å². The summed E-state index contributed by atoms with van der Waals surface area (Å²) in [6.45, 7) is 13.1. The summed E-state index contributed by atoms with van der Waals surface area (Å²) in [6, 6.07) is 0. The molecule has 0 bridgehead atoms. The molecule has 0 saturated carbocycles. The first-order valence-corrected chi connectivity index (χ1v) is 8.38. The molecule has 112 valence electrons. The van der Waals surface area contributed by atoms with Crippen molar-refractivity contribution in [3.05, 3.63) is 10.6 Å². The van der Waals surface area contributed by atoms with Gasteiger partial charge in [-0.25, -0.2) is 4.98 Å². The lowest BCUT2D eigenvalue weighted by Crippen LogP contribution is -2.26. The van der Waals surface area contributed by atoms with Crippen molar-refractivity contribution in [2.24, 2.45) is 5.41 Å². The van der Waals surface area contributed by atoms with Gasteiger partial charge in [0.05, 0.1) is 10.6 Å². The maximum atomic E-state index is 11.3. The number of anilines is 1. The van der Waals surface area contributed by atoms with Gasteiger partial charge in [0.1, 0.15) is 0 Å². The molecular formula is C16H26N2OS. The van der Waals surface area contributed by atoms with E-state index in [-0.39, 0.29) is 5.41 Å². The van der Waals surface area contributed by atoms with E-state index in [0.29, 0.717) is 5.41 Å². The molecule has 0 spiro atoms. The zero-order valence-electron chi connectivity index (χ0n) is 13.3. The van der Waals surface area contributed by atoms with E-state index in [1.165, 1.54) is 19.3 Å². The number of thiazole rings is 1. The van der Waals surface area contributed by atoms with Crippen LogP contribution in [0.25, 0.3) is 0 Å². The third-order valence-electron chi connectivity index (χ3n) is 4.67. The van der Waals surface area contributed by atoms with Crippen LogP contribution in [0.5, 0.6) is 0 Å². The number of carbonyl (C=O) groups excluding carboxylic acids is 1. The van der Waals surface area contributed by atoms with Crippen LogP contribution in [0.1, 0.15) is 69.2 Å². The van der Waals surface area contributed by atoms with Crippen LogP contribution in [-0.4, -0.2) is 24.4 Å². The van der Waals surface area contributed by atoms with Crippen molar-refractivity contribution >= 4 is 22.8 Å². The van der Waals surface area contributed by atoms with Gasteiger partial charge >= 0.3 is 0 Å². The summed E-state index contributed by atoms with van der Waals surface area (Å²) in [6.07, 6.45) is 4.64. The Hall–Kier alpha value is -0.900. The Morgan fingerprint density at radius 3 is 2.40 bits per heavy atom. The van der Waals surface area contributed by atoms with Crippen LogP contribution in [0, 0.1) is 5.41 Å². The second-order valence-electron chi connectivity index (χ2n) is 6.96. The molecule has 2 rings (SSSR count). The van der Waals surface area contributed by atoms with Gasteiger partial charge in [-0.1, -0.05) is 46.0 Å². The smallest absolute Gasteiger partial charge is 0.186 e. The highest BCUT2D eigenvalue weighted by atomic mass is 32.1. The van der Waals surface area contributed by atoms with Gasteiger partial charge in [-0.15, -0.1) is 0 Å². The molecule has 0 amide bonds. The molecule has 1 aliphatic heterocycles. The van der Waals surface area contributed by atoms with Crippen molar-refractivity contribution < 1.29 is 4.79 Å². The first-order chi connectivity index (χ1) is 9.35. The van der Waals surface area contributed by atoms with Crippen LogP contribution in [0.3, 0.4) is 0 Å². The molecular weight excluding hydrogens is 268 g/mol. The fourth-order valence-electron chi connectivity index (χ4n) is 3.00. The molecule has 2 heterocycles. The Morgan fingerprint density at radius 2 is 2.00 bits per heavy atom. The van der Waals surface area contributed by atoms with Crippen LogP contribution in [-0.2, 0) is 5.41 Å². The van der Waals surface area contributed by atoms with Crippen LogP contribution in [0.2, 0.25) is 0 Å². The zero-order valence-corrected chi connectivity index (χ0v) is 14.1. The highest BCUT2D eigenvalue weighted by Gasteiger charge is 2.36. The first-order valence-electron chi connectivity index (χ1n) is 7.56. The normalized spacial score (nSPS) is 18.6. The molecule has 1 aliphatic rings. The van der Waals surface area contributed by atoms with Crippen molar-refractivity contribution in [3.63, 3.8) is 0 Å². The minimum absolute atomic E-state index is 0.0721. The van der Waals surface area contributed by atoms with Crippen LogP contribution in [0.15, 0.2) is 0 Å².